The van der Waals surface area contributed by atoms with E-state index in [1.807, 2.05) is 26.0 Å². The fourth-order valence-electron chi connectivity index (χ4n) is 2.07. The number of H-pyrrole nitrogens is 1. The van der Waals surface area contributed by atoms with Crippen molar-refractivity contribution in [2.24, 2.45) is 0 Å². The van der Waals surface area contributed by atoms with Crippen molar-refractivity contribution in [3.8, 4) is 0 Å². The molecule has 0 unspecified atom stereocenters. The Balaban J connectivity index is 2.94. The molecule has 0 fully saturated rings. The summed E-state index contributed by atoms with van der Waals surface area (Å²) in [5, 5.41) is 9.76. The Labute approximate surface area is 103 Å². The van der Waals surface area contributed by atoms with Gasteiger partial charge in [-0.3, -0.25) is 0 Å². The summed E-state index contributed by atoms with van der Waals surface area (Å²) in [5.41, 5.74) is 2.33. The van der Waals surface area contributed by atoms with Crippen LogP contribution in [-0.2, 0) is 4.74 Å². The molecule has 0 aliphatic heterocycles. The Kier molecular flexibility index (Phi) is 2.82. The molecule has 1 aromatic heterocycles. The number of benzene rings is 1. The number of aromatic carboxylic acids is 1. The van der Waals surface area contributed by atoms with Gasteiger partial charge >= 0.3 is 11.9 Å². The summed E-state index contributed by atoms with van der Waals surface area (Å²) >= 11 is 0. The average molecular weight is 247 g/mol. The fraction of sp³-hybridized carbons (Fsp3) is 0.231. The zero-order valence-corrected chi connectivity index (χ0v) is 10.3. The van der Waals surface area contributed by atoms with Crippen molar-refractivity contribution >= 4 is 22.8 Å². The number of aromatic amines is 1. The predicted octanol–water partition coefficient (Wildman–Crippen LogP) is 2.27. The monoisotopic (exact) mass is 247 g/mol. The number of methoxy groups -OCH3 is 1. The molecule has 0 atom stereocenters. The van der Waals surface area contributed by atoms with Crippen LogP contribution in [0, 0.1) is 13.8 Å². The number of aryl methyl sites for hydroxylation is 2. The molecule has 5 heteroatoms. The van der Waals surface area contributed by atoms with E-state index in [9.17, 15) is 9.59 Å². The highest BCUT2D eigenvalue weighted by atomic mass is 16.5. The summed E-state index contributed by atoms with van der Waals surface area (Å²) in [6.45, 7) is 3.68. The predicted molar refractivity (Wildman–Crippen MR) is 66.1 cm³/mol. The molecule has 0 amide bonds. The molecule has 2 N–H and O–H groups in total. The van der Waals surface area contributed by atoms with Crippen molar-refractivity contribution in [3.63, 3.8) is 0 Å². The van der Waals surface area contributed by atoms with E-state index in [2.05, 4.69) is 9.72 Å². The van der Waals surface area contributed by atoms with Crippen molar-refractivity contribution in [2.75, 3.05) is 7.11 Å². The molecule has 0 aliphatic carbocycles. The van der Waals surface area contributed by atoms with Crippen LogP contribution >= 0.6 is 0 Å². The largest absolute Gasteiger partial charge is 0.477 e. The molecular formula is C13H13NO4. The summed E-state index contributed by atoms with van der Waals surface area (Å²) in [7, 11) is 1.23. The standard InChI is InChI=1S/C13H13NO4/c1-6-4-5-7(2)10-8(6)9(13(17)18-3)11(14-10)12(15)16/h4-5,14H,1-3H3,(H,15,16). The first-order valence-electron chi connectivity index (χ1n) is 5.40. The second-order valence-electron chi connectivity index (χ2n) is 4.12. The van der Waals surface area contributed by atoms with Crippen LogP contribution in [0.5, 0.6) is 0 Å². The summed E-state index contributed by atoms with van der Waals surface area (Å²) in [6.07, 6.45) is 0. The van der Waals surface area contributed by atoms with E-state index in [-0.39, 0.29) is 11.3 Å². The fourth-order valence-corrected chi connectivity index (χ4v) is 2.07. The molecule has 0 radical (unpaired) electrons. The van der Waals surface area contributed by atoms with Gasteiger partial charge in [-0.2, -0.15) is 0 Å². The van der Waals surface area contributed by atoms with Gasteiger partial charge in [0.25, 0.3) is 0 Å². The number of esters is 1. The third kappa shape index (κ3) is 1.64. The molecule has 0 saturated heterocycles. The molecule has 5 nitrogen and oxygen atoms in total. The maximum absolute atomic E-state index is 11.8. The normalized spacial score (nSPS) is 10.6. The second-order valence-corrected chi connectivity index (χ2v) is 4.12. The van der Waals surface area contributed by atoms with Crippen LogP contribution in [-0.4, -0.2) is 29.1 Å². The molecule has 2 aromatic rings. The Hall–Kier alpha value is -2.30. The Morgan fingerprint density at radius 3 is 2.39 bits per heavy atom. The van der Waals surface area contributed by atoms with Crippen molar-refractivity contribution in [1.29, 1.82) is 0 Å². The second kappa shape index (κ2) is 4.18. The third-order valence-electron chi connectivity index (χ3n) is 2.98. The lowest BCUT2D eigenvalue weighted by Gasteiger charge is -2.02. The average Bonchev–Trinajstić information content (AvgIpc) is 2.74. The lowest BCUT2D eigenvalue weighted by molar-refractivity contribution is 0.0584. The zero-order valence-electron chi connectivity index (χ0n) is 10.3. The van der Waals surface area contributed by atoms with Crippen LogP contribution in [0.25, 0.3) is 10.9 Å². The van der Waals surface area contributed by atoms with E-state index >= 15 is 0 Å². The summed E-state index contributed by atoms with van der Waals surface area (Å²) in [4.78, 5) is 25.8. The number of aromatic nitrogens is 1. The van der Waals surface area contributed by atoms with Crippen LogP contribution in [0.1, 0.15) is 32.0 Å². The van der Waals surface area contributed by atoms with Crippen LogP contribution in [0.4, 0.5) is 0 Å². The SMILES string of the molecule is COC(=O)c1c(C(=O)O)[nH]c2c(C)ccc(C)c12. The Morgan fingerprint density at radius 2 is 1.83 bits per heavy atom. The minimum absolute atomic E-state index is 0.0844. The molecular weight excluding hydrogens is 234 g/mol. The van der Waals surface area contributed by atoms with E-state index in [1.54, 1.807) is 0 Å². The number of carbonyl (C=O) groups excluding carboxylic acids is 1. The van der Waals surface area contributed by atoms with Gasteiger partial charge in [0.2, 0.25) is 0 Å². The van der Waals surface area contributed by atoms with Gasteiger partial charge in [0.15, 0.2) is 0 Å². The van der Waals surface area contributed by atoms with Gasteiger partial charge in [-0.15, -0.1) is 0 Å². The molecule has 0 saturated carbocycles. The minimum Gasteiger partial charge on any atom is -0.477 e. The first-order valence-corrected chi connectivity index (χ1v) is 5.40. The van der Waals surface area contributed by atoms with Crippen molar-refractivity contribution in [2.45, 2.75) is 13.8 Å². The Morgan fingerprint density at radius 1 is 1.22 bits per heavy atom. The number of nitrogens with one attached hydrogen (secondary N) is 1. The first-order chi connectivity index (χ1) is 8.47. The van der Waals surface area contributed by atoms with Crippen LogP contribution in [0.3, 0.4) is 0 Å². The quantitative estimate of drug-likeness (QED) is 0.798. The highest BCUT2D eigenvalue weighted by molar-refractivity contribution is 6.13. The molecule has 18 heavy (non-hydrogen) atoms. The highest BCUT2D eigenvalue weighted by Crippen LogP contribution is 2.28. The molecule has 0 spiro atoms. The highest BCUT2D eigenvalue weighted by Gasteiger charge is 2.25. The topological polar surface area (TPSA) is 79.4 Å². The number of hydrogen-bond donors (Lipinski definition) is 2. The molecule has 0 aliphatic rings. The molecule has 1 aromatic carbocycles. The van der Waals surface area contributed by atoms with Crippen LogP contribution in [0.15, 0.2) is 12.1 Å². The number of fused-ring (bicyclic) bond motifs is 1. The van der Waals surface area contributed by atoms with Gasteiger partial charge in [-0.25, -0.2) is 9.59 Å². The smallest absolute Gasteiger partial charge is 0.353 e. The summed E-state index contributed by atoms with van der Waals surface area (Å²) in [5.74, 6) is -1.82. The van der Waals surface area contributed by atoms with Crippen LogP contribution in [0.2, 0.25) is 0 Å². The molecule has 94 valence electrons. The minimum atomic E-state index is -1.18. The van der Waals surface area contributed by atoms with Gasteiger partial charge in [0.05, 0.1) is 12.6 Å². The number of carbonyl (C=O) groups is 2. The van der Waals surface area contributed by atoms with Gasteiger partial charge < -0.3 is 14.8 Å². The van der Waals surface area contributed by atoms with Gasteiger partial charge in [-0.1, -0.05) is 12.1 Å². The number of carboxylic acids is 1. The third-order valence-corrected chi connectivity index (χ3v) is 2.98. The van der Waals surface area contributed by atoms with Gasteiger partial charge in [-0.05, 0) is 25.0 Å². The van der Waals surface area contributed by atoms with E-state index < -0.39 is 11.9 Å². The summed E-state index contributed by atoms with van der Waals surface area (Å²) in [6, 6.07) is 3.73. The van der Waals surface area contributed by atoms with E-state index in [4.69, 9.17) is 5.11 Å². The van der Waals surface area contributed by atoms with Crippen molar-refractivity contribution in [3.05, 3.63) is 34.5 Å². The van der Waals surface area contributed by atoms with Gasteiger partial charge in [0, 0.05) is 5.39 Å². The number of hydrogen-bond acceptors (Lipinski definition) is 3. The van der Waals surface area contributed by atoms with E-state index in [1.165, 1.54) is 7.11 Å². The molecule has 1 heterocycles. The molecule has 2 rings (SSSR count). The van der Waals surface area contributed by atoms with Crippen LogP contribution < -0.4 is 0 Å². The number of rotatable bonds is 2. The van der Waals surface area contributed by atoms with E-state index in [0.717, 1.165) is 11.1 Å². The Bertz CT molecular complexity index is 655. The van der Waals surface area contributed by atoms with Crippen molar-refractivity contribution in [1.82, 2.24) is 4.98 Å². The maximum Gasteiger partial charge on any atom is 0.353 e. The number of carboxylic acid groups (broad SMARTS) is 1. The first kappa shape index (κ1) is 12.2. The van der Waals surface area contributed by atoms with Crippen molar-refractivity contribution < 1.29 is 19.4 Å². The summed E-state index contributed by atoms with van der Waals surface area (Å²) < 4.78 is 4.67. The zero-order chi connectivity index (χ0) is 13.4. The van der Waals surface area contributed by atoms with Gasteiger partial charge in [0.1, 0.15) is 11.3 Å². The lowest BCUT2D eigenvalue weighted by Crippen LogP contribution is -2.08. The van der Waals surface area contributed by atoms with E-state index in [0.29, 0.717) is 10.9 Å². The number of ether oxygens (including phenoxy) is 1. The lowest BCUT2D eigenvalue weighted by atomic mass is 10.0. The molecule has 0 bridgehead atoms. The maximum atomic E-state index is 11.8.